The number of nitro benzene ring substituents is 1. The monoisotopic (exact) mass is 362 g/mol. The van der Waals surface area contributed by atoms with Gasteiger partial charge < -0.3 is 14.0 Å². The highest BCUT2D eigenvalue weighted by Gasteiger charge is 2.17. The summed E-state index contributed by atoms with van der Waals surface area (Å²) in [6.07, 6.45) is 1.05. The zero-order valence-corrected chi connectivity index (χ0v) is 14.9. The first kappa shape index (κ1) is 19.3. The van der Waals surface area contributed by atoms with Crippen molar-refractivity contribution in [1.82, 2.24) is 0 Å². The highest BCUT2D eigenvalue weighted by Crippen LogP contribution is 2.39. The maximum atomic E-state index is 11.7. The van der Waals surface area contributed by atoms with Crippen molar-refractivity contribution in [1.29, 1.82) is 0 Å². The molecule has 0 heterocycles. The van der Waals surface area contributed by atoms with E-state index in [0.717, 1.165) is 11.1 Å². The Morgan fingerprint density at radius 3 is 2.24 bits per heavy atom. The van der Waals surface area contributed by atoms with Crippen molar-refractivity contribution < 1.29 is 18.9 Å². The predicted molar refractivity (Wildman–Crippen MR) is 94.7 cm³/mol. The molecule has 134 valence electrons. The first-order chi connectivity index (χ1) is 11.9. The second-order valence-corrected chi connectivity index (χ2v) is 7.63. The fourth-order valence-corrected chi connectivity index (χ4v) is 3.88. The molecule has 2 aromatic carbocycles. The van der Waals surface area contributed by atoms with Crippen LogP contribution in [0, 0.1) is 10.1 Å². The molecule has 25 heavy (non-hydrogen) atoms. The first-order valence-corrected chi connectivity index (χ1v) is 9.89. The van der Waals surface area contributed by atoms with Crippen LogP contribution in [-0.2, 0) is 9.09 Å². The third-order valence-corrected chi connectivity index (χ3v) is 5.47. The smallest absolute Gasteiger partial charge is 0.269 e. The van der Waals surface area contributed by atoms with E-state index in [9.17, 15) is 19.6 Å². The Balaban J connectivity index is 2.17. The molecule has 2 aromatic rings. The van der Waals surface area contributed by atoms with Crippen molar-refractivity contribution in [3.8, 4) is 0 Å². The molecule has 0 aliphatic carbocycles. The van der Waals surface area contributed by atoms with Crippen LogP contribution in [-0.4, -0.2) is 17.7 Å². The van der Waals surface area contributed by atoms with Gasteiger partial charge in [0.1, 0.15) is 7.60 Å². The average Bonchev–Trinajstić information content (AvgIpc) is 2.59. The molecule has 0 aliphatic rings. The van der Waals surface area contributed by atoms with Crippen molar-refractivity contribution in [2.45, 2.75) is 25.7 Å². The zero-order chi connectivity index (χ0) is 18.3. The molecule has 0 aromatic heterocycles. The number of nitrogens with zero attached hydrogens (tertiary/aromatic N) is 1. The van der Waals surface area contributed by atoms with Crippen LogP contribution in [0.3, 0.4) is 0 Å². The van der Waals surface area contributed by atoms with Crippen LogP contribution in [0.15, 0.2) is 54.6 Å². The summed E-state index contributed by atoms with van der Waals surface area (Å²) >= 11 is 0. The van der Waals surface area contributed by atoms with E-state index in [-0.39, 0.29) is 24.4 Å². The highest BCUT2D eigenvalue weighted by atomic mass is 31.2. The van der Waals surface area contributed by atoms with Gasteiger partial charge in [0.05, 0.1) is 11.5 Å². The van der Waals surface area contributed by atoms with Gasteiger partial charge in [-0.2, -0.15) is 0 Å². The molecule has 0 saturated heterocycles. The molecule has 0 bridgehead atoms. The van der Waals surface area contributed by atoms with Crippen LogP contribution in [0.4, 0.5) is 5.69 Å². The lowest BCUT2D eigenvalue weighted by Gasteiger charge is -2.24. The number of hydrogen-bond acceptors (Lipinski definition) is 5. The molecule has 0 radical (unpaired) electrons. The molecule has 0 spiro atoms. The number of non-ortho nitro benzene ring substituents is 1. The second-order valence-electron chi connectivity index (χ2n) is 5.71. The van der Waals surface area contributed by atoms with Gasteiger partial charge in [-0.15, -0.1) is 0 Å². The normalized spacial score (nSPS) is 14.6. The fraction of sp³-hybridized carbons (Fsp3) is 0.333. The first-order valence-electron chi connectivity index (χ1n) is 8.17. The number of rotatable bonds is 9. The minimum atomic E-state index is -3.79. The summed E-state index contributed by atoms with van der Waals surface area (Å²) in [4.78, 5) is 22.1. The maximum Gasteiger partial charge on any atom is 0.269 e. The summed E-state index contributed by atoms with van der Waals surface area (Å²) in [7, 11) is -3.79. The Morgan fingerprint density at radius 1 is 1.08 bits per heavy atom. The number of benzene rings is 2. The largest absolute Gasteiger partial charge is 0.778 e. The Morgan fingerprint density at radius 2 is 1.68 bits per heavy atom. The van der Waals surface area contributed by atoms with Gasteiger partial charge in [0.15, 0.2) is 0 Å². The van der Waals surface area contributed by atoms with Crippen molar-refractivity contribution >= 4 is 13.3 Å². The lowest BCUT2D eigenvalue weighted by atomic mass is 9.87. The van der Waals surface area contributed by atoms with Gasteiger partial charge in [-0.05, 0) is 30.9 Å². The van der Waals surface area contributed by atoms with Gasteiger partial charge >= 0.3 is 0 Å². The van der Waals surface area contributed by atoms with Crippen molar-refractivity contribution in [2.24, 2.45) is 0 Å². The van der Waals surface area contributed by atoms with Gasteiger partial charge in [0, 0.05) is 24.2 Å². The third kappa shape index (κ3) is 5.78. The summed E-state index contributed by atoms with van der Waals surface area (Å²) < 4.78 is 16.5. The van der Waals surface area contributed by atoms with E-state index in [1.54, 1.807) is 19.1 Å². The second kappa shape index (κ2) is 8.90. The van der Waals surface area contributed by atoms with E-state index in [4.69, 9.17) is 4.52 Å². The summed E-state index contributed by atoms with van der Waals surface area (Å²) in [5.74, 6) is -0.0244. The van der Waals surface area contributed by atoms with Crippen LogP contribution >= 0.6 is 7.60 Å². The lowest BCUT2D eigenvalue weighted by molar-refractivity contribution is -0.384. The van der Waals surface area contributed by atoms with E-state index in [1.165, 1.54) is 12.1 Å². The van der Waals surface area contributed by atoms with Gasteiger partial charge in [-0.3, -0.25) is 10.1 Å². The van der Waals surface area contributed by atoms with E-state index in [0.29, 0.717) is 12.8 Å². The van der Waals surface area contributed by atoms with Crippen molar-refractivity contribution in [2.75, 3.05) is 12.8 Å². The average molecular weight is 362 g/mol. The fourth-order valence-electron chi connectivity index (χ4n) is 2.79. The standard InChI is InChI=1S/C18H22NO5P/c1-2-24-25(22,23)14-6-9-18(15-7-4-3-5-8-15)16-10-12-17(13-11-16)19(20)21/h3-5,7-8,10-13,18H,2,6,9,14H2,1H3,(H,22,23)/p-1. The Bertz CT molecular complexity index is 733. The quantitative estimate of drug-likeness (QED) is 0.380. The van der Waals surface area contributed by atoms with Gasteiger partial charge in [-0.25, -0.2) is 0 Å². The SMILES string of the molecule is CCOP(=O)([O-])CCCC(c1ccccc1)c1ccc([N+](=O)[O-])cc1. The molecule has 0 aliphatic heterocycles. The van der Waals surface area contributed by atoms with Crippen LogP contribution in [0.1, 0.15) is 36.8 Å². The summed E-state index contributed by atoms with van der Waals surface area (Å²) in [5.41, 5.74) is 2.01. The zero-order valence-electron chi connectivity index (χ0n) is 14.0. The van der Waals surface area contributed by atoms with Gasteiger partial charge in [0.2, 0.25) is 0 Å². The third-order valence-electron chi connectivity index (χ3n) is 3.96. The van der Waals surface area contributed by atoms with E-state index in [2.05, 4.69) is 0 Å². The summed E-state index contributed by atoms with van der Waals surface area (Å²) in [6.45, 7) is 1.79. The molecule has 2 unspecified atom stereocenters. The molecular formula is C18H21NO5P-. The molecule has 0 fully saturated rings. The van der Waals surface area contributed by atoms with Crippen LogP contribution < -0.4 is 4.89 Å². The molecule has 0 N–H and O–H groups in total. The molecule has 2 rings (SSSR count). The minimum absolute atomic E-state index is 0.0167. The van der Waals surface area contributed by atoms with Crippen LogP contribution in [0.5, 0.6) is 0 Å². The molecular weight excluding hydrogens is 341 g/mol. The Labute approximate surface area is 147 Å². The molecule has 0 amide bonds. The molecule has 0 saturated carbocycles. The lowest BCUT2D eigenvalue weighted by Crippen LogP contribution is -2.10. The highest BCUT2D eigenvalue weighted by molar-refractivity contribution is 7.51. The Kier molecular flexibility index (Phi) is 6.88. The maximum absolute atomic E-state index is 11.7. The van der Waals surface area contributed by atoms with Gasteiger partial charge in [-0.1, -0.05) is 42.5 Å². The van der Waals surface area contributed by atoms with E-state index in [1.807, 2.05) is 30.3 Å². The van der Waals surface area contributed by atoms with Gasteiger partial charge in [0.25, 0.3) is 5.69 Å². The summed E-state index contributed by atoms with van der Waals surface area (Å²) in [5, 5.41) is 10.8. The molecule has 7 heteroatoms. The summed E-state index contributed by atoms with van der Waals surface area (Å²) in [6, 6.07) is 16.1. The van der Waals surface area contributed by atoms with Crippen LogP contribution in [0.25, 0.3) is 0 Å². The van der Waals surface area contributed by atoms with E-state index >= 15 is 0 Å². The van der Waals surface area contributed by atoms with Crippen molar-refractivity contribution in [3.63, 3.8) is 0 Å². The molecule has 2 atom stereocenters. The van der Waals surface area contributed by atoms with Crippen molar-refractivity contribution in [3.05, 3.63) is 75.8 Å². The Hall–Kier alpha value is -2.01. The minimum Gasteiger partial charge on any atom is -0.778 e. The number of hydrogen-bond donors (Lipinski definition) is 0. The number of nitro groups is 1. The predicted octanol–water partition coefficient (Wildman–Crippen LogP) is 4.10. The van der Waals surface area contributed by atoms with E-state index < -0.39 is 12.5 Å². The van der Waals surface area contributed by atoms with Crippen LogP contribution in [0.2, 0.25) is 0 Å². The molecule has 6 nitrogen and oxygen atoms in total. The topological polar surface area (TPSA) is 92.5 Å².